The van der Waals surface area contributed by atoms with Crippen LogP contribution in [0.2, 0.25) is 0 Å². The number of aryl methyl sites for hydroxylation is 2. The van der Waals surface area contributed by atoms with E-state index in [0.717, 1.165) is 28.8 Å². The predicted octanol–water partition coefficient (Wildman–Crippen LogP) is 3.53. The van der Waals surface area contributed by atoms with E-state index in [0.29, 0.717) is 18.7 Å². The van der Waals surface area contributed by atoms with E-state index < -0.39 is 15.8 Å². The first kappa shape index (κ1) is 22.1. The number of carbonyl (C=O) groups excluding carboxylic acids is 1. The summed E-state index contributed by atoms with van der Waals surface area (Å²) in [6, 6.07) is 10.6. The van der Waals surface area contributed by atoms with Gasteiger partial charge in [0.25, 0.3) is 0 Å². The van der Waals surface area contributed by atoms with Crippen LogP contribution in [0.3, 0.4) is 0 Å². The van der Waals surface area contributed by atoms with Crippen LogP contribution in [0.5, 0.6) is 0 Å². The van der Waals surface area contributed by atoms with Gasteiger partial charge in [-0.3, -0.25) is 10.1 Å². The second-order valence-corrected chi connectivity index (χ2v) is 9.79. The highest BCUT2D eigenvalue weighted by Gasteiger charge is 2.32. The van der Waals surface area contributed by atoms with Gasteiger partial charge in [-0.05, 0) is 62.6 Å². The molecule has 0 spiro atoms. The number of sulfonamides is 1. The number of carbonyl (C=O) groups is 1. The van der Waals surface area contributed by atoms with Crippen LogP contribution in [0.1, 0.15) is 24.0 Å². The lowest BCUT2D eigenvalue weighted by Gasteiger charge is -2.30. The number of amides is 1. The molecule has 2 aromatic carbocycles. The number of aromatic nitrogens is 2. The molecule has 1 fully saturated rings. The monoisotopic (exact) mass is 458 g/mol. The van der Waals surface area contributed by atoms with E-state index in [-0.39, 0.29) is 35.8 Å². The van der Waals surface area contributed by atoms with E-state index in [1.165, 1.54) is 16.4 Å². The van der Waals surface area contributed by atoms with Gasteiger partial charge in [0, 0.05) is 24.6 Å². The number of hydrogen-bond acceptors (Lipinski definition) is 6. The molecule has 0 atom stereocenters. The molecule has 10 heteroatoms. The smallest absolute Gasteiger partial charge is 0.322 e. The van der Waals surface area contributed by atoms with Gasteiger partial charge in [-0.2, -0.15) is 4.31 Å². The van der Waals surface area contributed by atoms with E-state index in [1.54, 1.807) is 0 Å². The Labute approximate surface area is 185 Å². The van der Waals surface area contributed by atoms with Crippen LogP contribution in [0.25, 0.3) is 11.5 Å². The van der Waals surface area contributed by atoms with Crippen molar-refractivity contribution >= 4 is 21.9 Å². The van der Waals surface area contributed by atoms with Crippen molar-refractivity contribution in [1.82, 2.24) is 14.5 Å². The standard InChI is InChI=1S/C22H23FN4O4S/c1-14-3-4-15(2)19(13-14)21-25-26-22(31-21)24-20(28)16-9-11-27(12-10-16)32(29,30)18-7-5-17(23)6-8-18/h3-8,13,16H,9-12H2,1-2H3,(H,24,26,28). The van der Waals surface area contributed by atoms with Gasteiger partial charge in [0.1, 0.15) is 5.82 Å². The SMILES string of the molecule is Cc1ccc(C)c(-c2nnc(NC(=O)C3CCN(S(=O)(=O)c4ccc(F)cc4)CC3)o2)c1. The van der Waals surface area contributed by atoms with Gasteiger partial charge < -0.3 is 4.42 Å². The molecule has 1 N–H and O–H groups in total. The lowest BCUT2D eigenvalue weighted by molar-refractivity contribution is -0.121. The highest BCUT2D eigenvalue weighted by molar-refractivity contribution is 7.89. The number of halogens is 1. The maximum Gasteiger partial charge on any atom is 0.322 e. The molecule has 8 nitrogen and oxygen atoms in total. The Morgan fingerprint density at radius 1 is 1.09 bits per heavy atom. The quantitative estimate of drug-likeness (QED) is 0.627. The van der Waals surface area contributed by atoms with Crippen LogP contribution in [0.4, 0.5) is 10.4 Å². The molecular weight excluding hydrogens is 435 g/mol. The molecule has 0 saturated carbocycles. The molecule has 2 heterocycles. The summed E-state index contributed by atoms with van der Waals surface area (Å²) < 4.78 is 45.5. The van der Waals surface area contributed by atoms with Crippen LogP contribution < -0.4 is 5.32 Å². The summed E-state index contributed by atoms with van der Waals surface area (Å²) in [5.41, 5.74) is 2.83. The van der Waals surface area contributed by atoms with Crippen molar-refractivity contribution in [3.63, 3.8) is 0 Å². The molecule has 0 radical (unpaired) electrons. The van der Waals surface area contributed by atoms with Gasteiger partial charge in [0.15, 0.2) is 0 Å². The highest BCUT2D eigenvalue weighted by Crippen LogP contribution is 2.27. The minimum atomic E-state index is -3.73. The Morgan fingerprint density at radius 3 is 2.47 bits per heavy atom. The van der Waals surface area contributed by atoms with Crippen molar-refractivity contribution in [2.24, 2.45) is 5.92 Å². The Morgan fingerprint density at radius 2 is 1.78 bits per heavy atom. The third kappa shape index (κ3) is 4.56. The average Bonchev–Trinajstić information content (AvgIpc) is 3.24. The first-order chi connectivity index (χ1) is 15.2. The zero-order valence-electron chi connectivity index (χ0n) is 17.7. The topological polar surface area (TPSA) is 105 Å². The summed E-state index contributed by atoms with van der Waals surface area (Å²) in [6.07, 6.45) is 0.703. The van der Waals surface area contributed by atoms with Gasteiger partial charge in [-0.25, -0.2) is 12.8 Å². The number of piperidine rings is 1. The first-order valence-corrected chi connectivity index (χ1v) is 11.7. The summed E-state index contributed by atoms with van der Waals surface area (Å²) >= 11 is 0. The third-order valence-electron chi connectivity index (χ3n) is 5.55. The Hall–Kier alpha value is -3.11. The Balaban J connectivity index is 1.38. The van der Waals surface area contributed by atoms with E-state index in [1.807, 2.05) is 32.0 Å². The third-order valence-corrected chi connectivity index (χ3v) is 7.47. The molecule has 168 valence electrons. The van der Waals surface area contributed by atoms with Gasteiger partial charge in [-0.15, -0.1) is 5.10 Å². The molecule has 0 unspecified atom stereocenters. The zero-order valence-corrected chi connectivity index (χ0v) is 18.5. The molecule has 1 aromatic heterocycles. The normalized spacial score (nSPS) is 15.6. The molecular formula is C22H23FN4O4S. The number of hydrogen-bond donors (Lipinski definition) is 1. The fraction of sp³-hybridized carbons (Fsp3) is 0.318. The van der Waals surface area contributed by atoms with Crippen molar-refractivity contribution in [3.8, 4) is 11.5 Å². The van der Waals surface area contributed by atoms with Gasteiger partial charge in [0.2, 0.25) is 21.8 Å². The van der Waals surface area contributed by atoms with Crippen LogP contribution in [-0.4, -0.2) is 41.9 Å². The molecule has 1 amide bonds. The Bertz CT molecular complexity index is 1230. The second kappa shape index (κ2) is 8.79. The molecule has 0 aliphatic carbocycles. The van der Waals surface area contributed by atoms with Crippen molar-refractivity contribution < 1.29 is 22.0 Å². The molecule has 1 saturated heterocycles. The van der Waals surface area contributed by atoms with E-state index >= 15 is 0 Å². The van der Waals surface area contributed by atoms with E-state index in [9.17, 15) is 17.6 Å². The minimum Gasteiger partial charge on any atom is -0.403 e. The number of nitrogens with zero attached hydrogens (tertiary/aromatic N) is 3. The second-order valence-electron chi connectivity index (χ2n) is 7.85. The number of benzene rings is 2. The lowest BCUT2D eigenvalue weighted by Crippen LogP contribution is -2.41. The van der Waals surface area contributed by atoms with Crippen molar-refractivity contribution in [3.05, 3.63) is 59.4 Å². The maximum atomic E-state index is 13.1. The summed E-state index contributed by atoms with van der Waals surface area (Å²) in [5, 5.41) is 10.6. The fourth-order valence-corrected chi connectivity index (χ4v) is 5.14. The summed E-state index contributed by atoms with van der Waals surface area (Å²) in [6.45, 7) is 4.28. The first-order valence-electron chi connectivity index (χ1n) is 10.2. The predicted molar refractivity (Wildman–Crippen MR) is 116 cm³/mol. The van der Waals surface area contributed by atoms with Gasteiger partial charge in [0.05, 0.1) is 4.90 Å². The van der Waals surface area contributed by atoms with Gasteiger partial charge >= 0.3 is 6.01 Å². The molecule has 0 bridgehead atoms. The van der Waals surface area contributed by atoms with Crippen molar-refractivity contribution in [1.29, 1.82) is 0 Å². The summed E-state index contributed by atoms with van der Waals surface area (Å²) in [7, 11) is -3.73. The molecule has 3 aromatic rings. The average molecular weight is 459 g/mol. The van der Waals surface area contributed by atoms with Crippen LogP contribution in [0, 0.1) is 25.6 Å². The number of rotatable bonds is 5. The van der Waals surface area contributed by atoms with Gasteiger partial charge in [-0.1, -0.05) is 22.8 Å². The van der Waals surface area contributed by atoms with E-state index in [4.69, 9.17) is 4.42 Å². The summed E-state index contributed by atoms with van der Waals surface area (Å²) in [4.78, 5) is 12.7. The Kier molecular flexibility index (Phi) is 6.07. The van der Waals surface area contributed by atoms with Crippen LogP contribution >= 0.6 is 0 Å². The zero-order chi connectivity index (χ0) is 22.9. The van der Waals surface area contributed by atoms with Crippen molar-refractivity contribution in [2.45, 2.75) is 31.6 Å². The summed E-state index contributed by atoms with van der Waals surface area (Å²) in [5.74, 6) is -0.853. The molecule has 1 aliphatic rings. The molecule has 1 aliphatic heterocycles. The fourth-order valence-electron chi connectivity index (χ4n) is 3.67. The lowest BCUT2D eigenvalue weighted by atomic mass is 9.97. The highest BCUT2D eigenvalue weighted by atomic mass is 32.2. The minimum absolute atomic E-state index is 0.00673. The molecule has 4 rings (SSSR count). The maximum absolute atomic E-state index is 13.1. The molecule has 32 heavy (non-hydrogen) atoms. The largest absolute Gasteiger partial charge is 0.403 e. The number of anilines is 1. The van der Waals surface area contributed by atoms with E-state index in [2.05, 4.69) is 15.5 Å². The van der Waals surface area contributed by atoms with Crippen molar-refractivity contribution in [2.75, 3.05) is 18.4 Å². The van der Waals surface area contributed by atoms with Crippen LogP contribution in [0.15, 0.2) is 51.8 Å². The van der Waals surface area contributed by atoms with Crippen LogP contribution in [-0.2, 0) is 14.8 Å². The number of nitrogens with one attached hydrogen (secondary N) is 1.